The minimum atomic E-state index is 1.22. The van der Waals surface area contributed by atoms with Gasteiger partial charge in [-0.3, -0.25) is 0 Å². The first-order valence-corrected chi connectivity index (χ1v) is 5.45. The Morgan fingerprint density at radius 3 is 2.73 bits per heavy atom. The number of fused-ring (bicyclic) bond motifs is 1. The van der Waals surface area contributed by atoms with Crippen LogP contribution in [0.1, 0.15) is 24.0 Å². The summed E-state index contributed by atoms with van der Waals surface area (Å²) in [6.45, 7) is 0. The van der Waals surface area contributed by atoms with E-state index in [9.17, 15) is 0 Å². The number of benzene rings is 1. The molecule has 1 aromatic rings. The van der Waals surface area contributed by atoms with Crippen LogP contribution in [0.2, 0.25) is 0 Å². The third-order valence-electron chi connectivity index (χ3n) is 2.63. The SMILES string of the molecule is [SiH3]c1cccc2c1CCCC2. The summed E-state index contributed by atoms with van der Waals surface area (Å²) in [6, 6.07) is 6.80. The summed E-state index contributed by atoms with van der Waals surface area (Å²) < 4.78 is 0. The molecule has 0 atom stereocenters. The standard InChI is InChI=1S/C10H14Si/c11-10-7-3-5-8-4-1-2-6-9(8)10/h3,5,7H,1-2,4,6H2,11H3. The van der Waals surface area contributed by atoms with Crippen LogP contribution in [0.5, 0.6) is 0 Å². The first-order chi connectivity index (χ1) is 5.38. The summed E-state index contributed by atoms with van der Waals surface area (Å²) >= 11 is 0. The Labute approximate surface area is 71.1 Å². The summed E-state index contributed by atoms with van der Waals surface area (Å²) in [5.41, 5.74) is 3.31. The normalized spacial score (nSPS) is 16.4. The lowest BCUT2D eigenvalue weighted by atomic mass is 9.92. The molecular formula is C10H14Si. The lowest BCUT2D eigenvalue weighted by Crippen LogP contribution is -2.16. The maximum Gasteiger partial charge on any atom is 0.0388 e. The molecule has 0 unspecified atom stereocenters. The van der Waals surface area contributed by atoms with E-state index in [-0.39, 0.29) is 0 Å². The van der Waals surface area contributed by atoms with E-state index in [0.29, 0.717) is 0 Å². The third-order valence-corrected chi connectivity index (χ3v) is 3.57. The topological polar surface area (TPSA) is 0 Å². The van der Waals surface area contributed by atoms with E-state index >= 15 is 0 Å². The molecule has 0 saturated carbocycles. The summed E-state index contributed by atoms with van der Waals surface area (Å²) in [4.78, 5) is 0. The van der Waals surface area contributed by atoms with Crippen molar-refractivity contribution >= 4 is 15.4 Å². The van der Waals surface area contributed by atoms with Crippen LogP contribution in [0.4, 0.5) is 0 Å². The van der Waals surface area contributed by atoms with Crippen molar-refractivity contribution in [3.05, 3.63) is 29.3 Å². The second-order valence-electron chi connectivity index (χ2n) is 3.42. The molecular weight excluding hydrogens is 148 g/mol. The molecule has 0 bridgehead atoms. The smallest absolute Gasteiger partial charge is 0.0388 e. The van der Waals surface area contributed by atoms with Gasteiger partial charge < -0.3 is 0 Å². The van der Waals surface area contributed by atoms with Crippen molar-refractivity contribution in [2.45, 2.75) is 25.7 Å². The zero-order chi connectivity index (χ0) is 7.68. The summed E-state index contributed by atoms with van der Waals surface area (Å²) in [5, 5.41) is 1.63. The van der Waals surface area contributed by atoms with Crippen molar-refractivity contribution in [2.75, 3.05) is 0 Å². The quantitative estimate of drug-likeness (QED) is 0.489. The Morgan fingerprint density at radius 2 is 1.91 bits per heavy atom. The number of aryl methyl sites for hydroxylation is 1. The van der Waals surface area contributed by atoms with E-state index in [1.165, 1.54) is 35.9 Å². The van der Waals surface area contributed by atoms with Gasteiger partial charge in [-0.15, -0.1) is 0 Å². The predicted molar refractivity (Wildman–Crippen MR) is 52.7 cm³/mol. The molecule has 58 valence electrons. The fourth-order valence-electron chi connectivity index (χ4n) is 1.97. The molecule has 11 heavy (non-hydrogen) atoms. The maximum atomic E-state index is 2.30. The van der Waals surface area contributed by atoms with Crippen LogP contribution < -0.4 is 5.19 Å². The van der Waals surface area contributed by atoms with Crippen molar-refractivity contribution < 1.29 is 0 Å². The Bertz CT molecular complexity index is 266. The maximum absolute atomic E-state index is 2.30. The highest BCUT2D eigenvalue weighted by Gasteiger charge is 2.09. The van der Waals surface area contributed by atoms with Gasteiger partial charge in [0.2, 0.25) is 0 Å². The molecule has 0 saturated heterocycles. The number of hydrogen-bond acceptors (Lipinski definition) is 0. The lowest BCUT2D eigenvalue weighted by Gasteiger charge is -2.17. The molecule has 1 aliphatic carbocycles. The molecule has 0 heterocycles. The molecule has 0 nitrogen and oxygen atoms in total. The van der Waals surface area contributed by atoms with Crippen LogP contribution in [0, 0.1) is 0 Å². The van der Waals surface area contributed by atoms with Crippen molar-refractivity contribution in [1.82, 2.24) is 0 Å². The molecule has 0 spiro atoms. The molecule has 0 N–H and O–H groups in total. The highest BCUT2D eigenvalue weighted by Crippen LogP contribution is 2.18. The summed E-state index contributed by atoms with van der Waals surface area (Å²) in [6.07, 6.45) is 5.48. The largest absolute Gasteiger partial charge is 0.0674 e. The van der Waals surface area contributed by atoms with Gasteiger partial charge in [-0.1, -0.05) is 23.4 Å². The van der Waals surface area contributed by atoms with E-state index in [1.54, 1.807) is 16.3 Å². The fourth-order valence-corrected chi connectivity index (χ4v) is 2.74. The van der Waals surface area contributed by atoms with Crippen LogP contribution in [0.15, 0.2) is 18.2 Å². The number of hydrogen-bond donors (Lipinski definition) is 0. The predicted octanol–water partition coefficient (Wildman–Crippen LogP) is 0.556. The van der Waals surface area contributed by atoms with Gasteiger partial charge in [0.25, 0.3) is 0 Å². The molecule has 2 rings (SSSR count). The van der Waals surface area contributed by atoms with Gasteiger partial charge in [0.05, 0.1) is 0 Å². The van der Waals surface area contributed by atoms with Gasteiger partial charge >= 0.3 is 0 Å². The van der Waals surface area contributed by atoms with Gasteiger partial charge in [0, 0.05) is 10.2 Å². The average molecular weight is 162 g/mol. The first-order valence-electron chi connectivity index (χ1n) is 4.45. The minimum Gasteiger partial charge on any atom is -0.0674 e. The molecule has 0 aliphatic heterocycles. The van der Waals surface area contributed by atoms with Crippen LogP contribution in [0.25, 0.3) is 0 Å². The van der Waals surface area contributed by atoms with Gasteiger partial charge in [-0.05, 0) is 36.8 Å². The van der Waals surface area contributed by atoms with E-state index in [0.717, 1.165) is 0 Å². The highest BCUT2D eigenvalue weighted by atomic mass is 28.1. The van der Waals surface area contributed by atoms with Gasteiger partial charge in [0.1, 0.15) is 0 Å². The van der Waals surface area contributed by atoms with Crippen molar-refractivity contribution in [2.24, 2.45) is 0 Å². The minimum absolute atomic E-state index is 1.22. The Morgan fingerprint density at radius 1 is 1.09 bits per heavy atom. The summed E-state index contributed by atoms with van der Waals surface area (Å²) in [5.74, 6) is 0. The molecule has 0 amide bonds. The van der Waals surface area contributed by atoms with Crippen molar-refractivity contribution in [1.29, 1.82) is 0 Å². The highest BCUT2D eigenvalue weighted by molar-refractivity contribution is 6.33. The monoisotopic (exact) mass is 162 g/mol. The van der Waals surface area contributed by atoms with E-state index in [4.69, 9.17) is 0 Å². The van der Waals surface area contributed by atoms with E-state index in [2.05, 4.69) is 18.2 Å². The molecule has 0 radical (unpaired) electrons. The van der Waals surface area contributed by atoms with Crippen LogP contribution in [0.3, 0.4) is 0 Å². The lowest BCUT2D eigenvalue weighted by molar-refractivity contribution is 0.688. The Kier molecular flexibility index (Phi) is 1.82. The second-order valence-corrected chi connectivity index (χ2v) is 4.50. The van der Waals surface area contributed by atoms with Gasteiger partial charge in [-0.25, -0.2) is 0 Å². The molecule has 0 fully saturated rings. The van der Waals surface area contributed by atoms with Gasteiger partial charge in [-0.2, -0.15) is 0 Å². The zero-order valence-electron chi connectivity index (χ0n) is 7.06. The fraction of sp³-hybridized carbons (Fsp3) is 0.400. The molecule has 1 aliphatic rings. The van der Waals surface area contributed by atoms with Crippen LogP contribution in [-0.2, 0) is 12.8 Å². The van der Waals surface area contributed by atoms with Gasteiger partial charge in [0.15, 0.2) is 0 Å². The average Bonchev–Trinajstić information content (AvgIpc) is 2.06. The Hall–Kier alpha value is -0.563. The van der Waals surface area contributed by atoms with Crippen LogP contribution >= 0.6 is 0 Å². The van der Waals surface area contributed by atoms with Crippen LogP contribution in [-0.4, -0.2) is 10.2 Å². The first kappa shape index (κ1) is 7.11. The number of rotatable bonds is 0. The van der Waals surface area contributed by atoms with E-state index in [1.807, 2.05) is 0 Å². The molecule has 1 heteroatoms. The molecule has 1 aromatic carbocycles. The third kappa shape index (κ3) is 1.25. The summed E-state index contributed by atoms with van der Waals surface area (Å²) in [7, 11) is 1.22. The van der Waals surface area contributed by atoms with Crippen molar-refractivity contribution in [3.8, 4) is 0 Å². The molecule has 0 aromatic heterocycles. The second kappa shape index (κ2) is 2.82. The van der Waals surface area contributed by atoms with Crippen molar-refractivity contribution in [3.63, 3.8) is 0 Å². The Balaban J connectivity index is 2.49. The van der Waals surface area contributed by atoms with E-state index < -0.39 is 0 Å². The zero-order valence-corrected chi connectivity index (χ0v) is 9.06.